The van der Waals surface area contributed by atoms with Crippen molar-refractivity contribution in [3.63, 3.8) is 0 Å². The van der Waals surface area contributed by atoms with Crippen molar-refractivity contribution < 1.29 is 32.7 Å². The first-order valence-corrected chi connectivity index (χ1v) is 2.29. The van der Waals surface area contributed by atoms with Crippen LogP contribution >= 0.6 is 0 Å². The minimum absolute atomic E-state index is 0. The van der Waals surface area contributed by atoms with E-state index < -0.39 is 0 Å². The number of rotatable bonds is 1. The van der Waals surface area contributed by atoms with E-state index in [4.69, 9.17) is 6.58 Å². The van der Waals surface area contributed by atoms with Gasteiger partial charge in [0.25, 0.3) is 0 Å². The van der Waals surface area contributed by atoms with Gasteiger partial charge in [-0.1, -0.05) is 0 Å². The first-order valence-electron chi connectivity index (χ1n) is 2.29. The number of hydrogen-bond donors (Lipinski definition) is 0. The van der Waals surface area contributed by atoms with Gasteiger partial charge in [-0.25, -0.2) is 0 Å². The third-order valence-electron chi connectivity index (χ3n) is 0.967. The molecule has 43 valence electrons. The van der Waals surface area contributed by atoms with Gasteiger partial charge in [0.15, 0.2) is 0 Å². The topological polar surface area (TPSA) is 0 Å². The van der Waals surface area contributed by atoms with Crippen LogP contribution in [0.3, 0.4) is 0 Å². The van der Waals surface area contributed by atoms with Gasteiger partial charge in [0.05, 0.1) is 0 Å². The van der Waals surface area contributed by atoms with Crippen molar-refractivity contribution in [2.24, 2.45) is 0 Å². The monoisotopic (exact) mass is 183 g/mol. The summed E-state index contributed by atoms with van der Waals surface area (Å²) < 4.78 is 0. The van der Waals surface area contributed by atoms with Gasteiger partial charge in [0.1, 0.15) is 0 Å². The molecule has 0 saturated carbocycles. The molecule has 0 N–H and O–H groups in total. The molecule has 0 bridgehead atoms. The summed E-state index contributed by atoms with van der Waals surface area (Å²) >= 11 is 0. The molecule has 1 heteroatoms. The van der Waals surface area contributed by atoms with Gasteiger partial charge in [0, 0.05) is 32.7 Å². The first-order chi connectivity index (χ1) is 3.18. The van der Waals surface area contributed by atoms with Crippen molar-refractivity contribution in [1.82, 2.24) is 0 Å². The van der Waals surface area contributed by atoms with Gasteiger partial charge in [-0.2, -0.15) is 0 Å². The zero-order valence-electron chi connectivity index (χ0n) is 5.65. The van der Waals surface area contributed by atoms with Crippen molar-refractivity contribution in [2.75, 3.05) is 0 Å². The molecule has 0 saturated heterocycles. The molecule has 0 heterocycles. The molecule has 0 aromatic carbocycles. The molecule has 0 atom stereocenters. The summed E-state index contributed by atoms with van der Waals surface area (Å²) in [7, 11) is 0. The van der Waals surface area contributed by atoms with Gasteiger partial charge in [-0.05, 0) is 0 Å². The zero-order valence-corrected chi connectivity index (χ0v) is 8.49. The molecular formula is C7H10Y-2. The van der Waals surface area contributed by atoms with Crippen LogP contribution < -0.4 is 0 Å². The second-order valence-electron chi connectivity index (χ2n) is 1.56. The summed E-state index contributed by atoms with van der Waals surface area (Å²) in [6, 6.07) is 0. The smallest absolute Gasteiger partial charge is 0 e. The van der Waals surface area contributed by atoms with Crippen molar-refractivity contribution in [3.8, 4) is 0 Å². The molecule has 0 aromatic rings. The van der Waals surface area contributed by atoms with E-state index in [0.29, 0.717) is 0 Å². The van der Waals surface area contributed by atoms with Crippen LogP contribution in [0.4, 0.5) is 0 Å². The van der Waals surface area contributed by atoms with E-state index in [1.807, 2.05) is 20.8 Å². The van der Waals surface area contributed by atoms with Crippen molar-refractivity contribution in [3.05, 3.63) is 23.8 Å². The van der Waals surface area contributed by atoms with Crippen LogP contribution in [0.25, 0.3) is 0 Å². The Hall–Kier alpha value is 0.584. The van der Waals surface area contributed by atoms with Gasteiger partial charge < -0.3 is 23.8 Å². The maximum absolute atomic E-state index is 5.36. The van der Waals surface area contributed by atoms with Crippen LogP contribution in [0, 0.1) is 12.7 Å². The van der Waals surface area contributed by atoms with Gasteiger partial charge >= 0.3 is 0 Å². The van der Waals surface area contributed by atoms with Crippen LogP contribution in [0.5, 0.6) is 0 Å². The molecule has 0 spiro atoms. The summed E-state index contributed by atoms with van der Waals surface area (Å²) in [5.74, 6) is 0. The van der Waals surface area contributed by atoms with E-state index in [1.165, 1.54) is 0 Å². The molecule has 0 rings (SSSR count). The maximum atomic E-state index is 5.36. The Bertz CT molecular complexity index is 101. The average Bonchev–Trinajstić information content (AvgIpc) is 1.65. The summed E-state index contributed by atoms with van der Waals surface area (Å²) in [5, 5.41) is 0. The number of allylic oxidation sites excluding steroid dienone is 3. The quantitative estimate of drug-likeness (QED) is 0.431. The Kier molecular flexibility index (Phi) is 8.14. The second kappa shape index (κ2) is 5.72. The molecule has 0 aliphatic carbocycles. The SMILES string of the molecule is [CH-]=C(C)C(C)=[C-]C.[Y]. The van der Waals surface area contributed by atoms with Crippen molar-refractivity contribution in [1.29, 1.82) is 0 Å². The Morgan fingerprint density at radius 1 is 1.38 bits per heavy atom. The van der Waals surface area contributed by atoms with Gasteiger partial charge in [-0.15, -0.1) is 20.8 Å². The van der Waals surface area contributed by atoms with E-state index in [9.17, 15) is 0 Å². The third kappa shape index (κ3) is 4.74. The summed E-state index contributed by atoms with van der Waals surface area (Å²) in [6.07, 6.45) is 2.92. The summed E-state index contributed by atoms with van der Waals surface area (Å²) in [4.78, 5) is 0. The van der Waals surface area contributed by atoms with Crippen LogP contribution in [-0.2, 0) is 32.7 Å². The van der Waals surface area contributed by atoms with E-state index in [2.05, 4.69) is 6.08 Å². The molecule has 0 aliphatic heterocycles. The normalized spacial score (nSPS) is 10.1. The average molecular weight is 183 g/mol. The zero-order chi connectivity index (χ0) is 5.86. The summed E-state index contributed by atoms with van der Waals surface area (Å²) in [5.41, 5.74) is 1.89. The standard InChI is InChI=1S/C7H10.Y/c1-5-7(4)6(2)3;/h2H,1,3-4H3;/q-2;. The predicted molar refractivity (Wildman–Crippen MR) is 31.6 cm³/mol. The van der Waals surface area contributed by atoms with Crippen LogP contribution in [0.1, 0.15) is 20.8 Å². The van der Waals surface area contributed by atoms with Crippen LogP contribution in [0.2, 0.25) is 0 Å². The van der Waals surface area contributed by atoms with E-state index >= 15 is 0 Å². The van der Waals surface area contributed by atoms with Gasteiger partial charge in [-0.3, -0.25) is 0 Å². The Morgan fingerprint density at radius 3 is 1.75 bits per heavy atom. The Balaban J connectivity index is 0. The maximum Gasteiger partial charge on any atom is 0 e. The van der Waals surface area contributed by atoms with Crippen molar-refractivity contribution in [2.45, 2.75) is 20.8 Å². The van der Waals surface area contributed by atoms with E-state index in [1.54, 1.807) is 0 Å². The minimum atomic E-state index is 0. The Morgan fingerprint density at radius 2 is 1.75 bits per heavy atom. The fourth-order valence-corrected chi connectivity index (χ4v) is 0.197. The fraction of sp³-hybridized carbons (Fsp3) is 0.429. The molecule has 0 aromatic heterocycles. The fourth-order valence-electron chi connectivity index (χ4n) is 0.197. The first kappa shape index (κ1) is 11.4. The second-order valence-corrected chi connectivity index (χ2v) is 1.56. The van der Waals surface area contributed by atoms with Crippen LogP contribution in [-0.4, -0.2) is 0 Å². The minimum Gasteiger partial charge on any atom is -0.391 e. The molecule has 0 fully saturated rings. The number of hydrogen-bond acceptors (Lipinski definition) is 0. The molecule has 0 aliphatic rings. The third-order valence-corrected chi connectivity index (χ3v) is 0.967. The molecule has 0 amide bonds. The molecule has 1 radical (unpaired) electrons. The van der Waals surface area contributed by atoms with E-state index in [-0.39, 0.29) is 32.7 Å². The molecule has 0 nitrogen and oxygen atoms in total. The Labute approximate surface area is 76.9 Å². The molecule has 8 heavy (non-hydrogen) atoms. The largest absolute Gasteiger partial charge is 0.391 e. The predicted octanol–water partition coefficient (Wildman–Crippen LogP) is 2.13. The van der Waals surface area contributed by atoms with Crippen molar-refractivity contribution >= 4 is 0 Å². The summed E-state index contributed by atoms with van der Waals surface area (Å²) in [6.45, 7) is 11.0. The van der Waals surface area contributed by atoms with Crippen LogP contribution in [0.15, 0.2) is 11.1 Å². The molecule has 0 unspecified atom stereocenters. The van der Waals surface area contributed by atoms with Gasteiger partial charge in [0.2, 0.25) is 0 Å². The molecular weight excluding hydrogens is 173 g/mol. The van der Waals surface area contributed by atoms with E-state index in [0.717, 1.165) is 11.1 Å².